The van der Waals surface area contributed by atoms with Crippen LogP contribution in [0, 0.1) is 5.92 Å². The lowest BCUT2D eigenvalue weighted by Gasteiger charge is -2.34. The molecule has 4 rings (SSSR count). The Morgan fingerprint density at radius 1 is 1.04 bits per heavy atom. The maximum Gasteiger partial charge on any atom is 0.227 e. The number of nitrogens with two attached hydrogens (primary N) is 1. The summed E-state index contributed by atoms with van der Waals surface area (Å²) >= 11 is 0. The zero-order chi connectivity index (χ0) is 17.1. The molecule has 0 aliphatic carbocycles. The zero-order valence-electron chi connectivity index (χ0n) is 14.7. The average Bonchev–Trinajstić information content (AvgIpc) is 2.68. The Hall–Kier alpha value is -1.92. The van der Waals surface area contributed by atoms with Crippen LogP contribution in [-0.2, 0) is 4.74 Å². The van der Waals surface area contributed by atoms with E-state index >= 15 is 0 Å². The molecule has 25 heavy (non-hydrogen) atoms. The van der Waals surface area contributed by atoms with Gasteiger partial charge in [-0.05, 0) is 43.9 Å². The summed E-state index contributed by atoms with van der Waals surface area (Å²) in [5.74, 6) is 2.16. The van der Waals surface area contributed by atoms with Crippen molar-refractivity contribution in [3.63, 3.8) is 0 Å². The number of ether oxygens (including phenoxy) is 1. The van der Waals surface area contributed by atoms with E-state index in [-0.39, 0.29) is 0 Å². The number of nitrogen functional groups attached to an aromatic ring is 1. The van der Waals surface area contributed by atoms with Crippen molar-refractivity contribution in [3.8, 4) is 0 Å². The number of nitrogens with zero attached hydrogens (tertiary/aromatic N) is 4. The summed E-state index contributed by atoms with van der Waals surface area (Å²) in [7, 11) is 0. The molecule has 2 aliphatic rings. The summed E-state index contributed by atoms with van der Waals surface area (Å²) in [6.07, 6.45) is 3.70. The van der Waals surface area contributed by atoms with Gasteiger partial charge in [-0.2, -0.15) is 4.98 Å². The van der Waals surface area contributed by atoms with Gasteiger partial charge in [0.25, 0.3) is 0 Å². The largest absolute Gasteiger partial charge is 0.383 e. The standard InChI is InChI=1S/C19H27N5O/c20-18-16-3-1-2-4-17(16)21-19(22-18)24-9-6-15(7-10-24)5-8-23-11-13-25-14-12-23/h1-4,15H,5-14H2,(H2,20,21,22). The molecular formula is C19H27N5O. The van der Waals surface area contributed by atoms with E-state index in [2.05, 4.69) is 14.8 Å². The van der Waals surface area contributed by atoms with E-state index in [1.807, 2.05) is 24.3 Å². The minimum absolute atomic E-state index is 0.579. The minimum Gasteiger partial charge on any atom is -0.383 e. The van der Waals surface area contributed by atoms with E-state index in [4.69, 9.17) is 15.5 Å². The first-order chi connectivity index (χ1) is 12.3. The number of morpholine rings is 1. The van der Waals surface area contributed by atoms with Crippen LogP contribution in [0.1, 0.15) is 19.3 Å². The summed E-state index contributed by atoms with van der Waals surface area (Å²) < 4.78 is 5.42. The lowest BCUT2D eigenvalue weighted by atomic mass is 9.93. The topological polar surface area (TPSA) is 67.5 Å². The van der Waals surface area contributed by atoms with Crippen molar-refractivity contribution >= 4 is 22.7 Å². The summed E-state index contributed by atoms with van der Waals surface area (Å²) in [5.41, 5.74) is 7.06. The van der Waals surface area contributed by atoms with Crippen LogP contribution in [0.5, 0.6) is 0 Å². The summed E-state index contributed by atoms with van der Waals surface area (Å²) in [6, 6.07) is 7.95. The quantitative estimate of drug-likeness (QED) is 0.919. The van der Waals surface area contributed by atoms with Crippen LogP contribution in [0.3, 0.4) is 0 Å². The summed E-state index contributed by atoms with van der Waals surface area (Å²) in [6.45, 7) is 7.19. The first-order valence-corrected chi connectivity index (χ1v) is 9.37. The predicted molar refractivity (Wildman–Crippen MR) is 101 cm³/mol. The maximum atomic E-state index is 6.13. The van der Waals surface area contributed by atoms with Crippen molar-refractivity contribution in [1.82, 2.24) is 14.9 Å². The lowest BCUT2D eigenvalue weighted by Crippen LogP contribution is -2.39. The SMILES string of the molecule is Nc1nc(N2CCC(CCN3CCOCC3)CC2)nc2ccccc12. The molecule has 0 unspecified atom stereocenters. The van der Waals surface area contributed by atoms with Gasteiger partial charge in [-0.15, -0.1) is 0 Å². The van der Waals surface area contributed by atoms with E-state index in [1.165, 1.54) is 25.8 Å². The van der Waals surface area contributed by atoms with Crippen molar-refractivity contribution in [1.29, 1.82) is 0 Å². The van der Waals surface area contributed by atoms with Crippen LogP contribution >= 0.6 is 0 Å². The molecule has 2 N–H and O–H groups in total. The Morgan fingerprint density at radius 2 is 1.80 bits per heavy atom. The van der Waals surface area contributed by atoms with Crippen molar-refractivity contribution in [3.05, 3.63) is 24.3 Å². The van der Waals surface area contributed by atoms with E-state index in [1.54, 1.807) is 0 Å². The van der Waals surface area contributed by atoms with Crippen molar-refractivity contribution in [2.75, 3.05) is 56.6 Å². The number of piperidine rings is 1. The van der Waals surface area contributed by atoms with Crippen LogP contribution in [0.4, 0.5) is 11.8 Å². The number of rotatable bonds is 4. The Bertz CT molecular complexity index is 708. The summed E-state index contributed by atoms with van der Waals surface area (Å²) in [5, 5.41) is 0.937. The Kier molecular flexibility index (Phi) is 4.99. The third-order valence-electron chi connectivity index (χ3n) is 5.48. The molecule has 6 heteroatoms. The molecule has 3 heterocycles. The summed E-state index contributed by atoms with van der Waals surface area (Å²) in [4.78, 5) is 14.1. The maximum absolute atomic E-state index is 6.13. The molecule has 0 radical (unpaired) electrons. The van der Waals surface area contributed by atoms with Gasteiger partial charge < -0.3 is 15.4 Å². The highest BCUT2D eigenvalue weighted by Gasteiger charge is 2.22. The molecule has 2 aromatic rings. The molecule has 2 fully saturated rings. The van der Waals surface area contributed by atoms with E-state index in [9.17, 15) is 0 Å². The second-order valence-electron chi connectivity index (χ2n) is 7.10. The van der Waals surface area contributed by atoms with Gasteiger partial charge in [0, 0.05) is 31.6 Å². The van der Waals surface area contributed by atoms with Gasteiger partial charge in [-0.3, -0.25) is 4.90 Å². The molecule has 0 spiro atoms. The van der Waals surface area contributed by atoms with Crippen LogP contribution in [-0.4, -0.2) is 60.8 Å². The zero-order valence-corrected chi connectivity index (χ0v) is 14.7. The van der Waals surface area contributed by atoms with Crippen molar-refractivity contribution in [2.45, 2.75) is 19.3 Å². The van der Waals surface area contributed by atoms with Gasteiger partial charge in [-0.1, -0.05) is 12.1 Å². The molecule has 0 atom stereocenters. The lowest BCUT2D eigenvalue weighted by molar-refractivity contribution is 0.0349. The fourth-order valence-electron chi connectivity index (χ4n) is 3.84. The Labute approximate surface area is 149 Å². The molecule has 0 amide bonds. The second kappa shape index (κ2) is 7.54. The molecule has 1 aromatic carbocycles. The molecule has 0 bridgehead atoms. The first kappa shape index (κ1) is 16.5. The normalized spacial score (nSPS) is 20.2. The van der Waals surface area contributed by atoms with Crippen molar-refractivity contribution in [2.24, 2.45) is 5.92 Å². The predicted octanol–water partition coefficient (Wildman–Crippen LogP) is 2.15. The minimum atomic E-state index is 0.579. The molecule has 134 valence electrons. The third kappa shape index (κ3) is 3.85. The molecule has 0 saturated carbocycles. The van der Waals surface area contributed by atoms with Crippen molar-refractivity contribution < 1.29 is 4.74 Å². The third-order valence-corrected chi connectivity index (χ3v) is 5.48. The highest BCUT2D eigenvalue weighted by Crippen LogP contribution is 2.26. The van der Waals surface area contributed by atoms with E-state index in [0.29, 0.717) is 5.82 Å². The highest BCUT2D eigenvalue weighted by atomic mass is 16.5. The van der Waals surface area contributed by atoms with Crippen LogP contribution < -0.4 is 10.6 Å². The fraction of sp³-hybridized carbons (Fsp3) is 0.579. The van der Waals surface area contributed by atoms with E-state index < -0.39 is 0 Å². The Balaban J connectivity index is 1.34. The number of anilines is 2. The van der Waals surface area contributed by atoms with Gasteiger partial charge in [0.15, 0.2) is 0 Å². The van der Waals surface area contributed by atoms with Gasteiger partial charge in [-0.25, -0.2) is 4.98 Å². The van der Waals surface area contributed by atoms with Gasteiger partial charge in [0.1, 0.15) is 5.82 Å². The molecule has 2 saturated heterocycles. The molecule has 6 nitrogen and oxygen atoms in total. The van der Waals surface area contributed by atoms with Gasteiger partial charge in [0.2, 0.25) is 5.95 Å². The molecule has 2 aliphatic heterocycles. The number of fused-ring (bicyclic) bond motifs is 1. The van der Waals surface area contributed by atoms with Gasteiger partial charge >= 0.3 is 0 Å². The monoisotopic (exact) mass is 341 g/mol. The average molecular weight is 341 g/mol. The van der Waals surface area contributed by atoms with Crippen LogP contribution in [0.15, 0.2) is 24.3 Å². The number of para-hydroxylation sites is 1. The number of hydrogen-bond acceptors (Lipinski definition) is 6. The van der Waals surface area contributed by atoms with Crippen LogP contribution in [0.2, 0.25) is 0 Å². The fourth-order valence-corrected chi connectivity index (χ4v) is 3.84. The Morgan fingerprint density at radius 3 is 2.60 bits per heavy atom. The first-order valence-electron chi connectivity index (χ1n) is 9.37. The second-order valence-corrected chi connectivity index (χ2v) is 7.10. The molecular weight excluding hydrogens is 314 g/mol. The van der Waals surface area contributed by atoms with Gasteiger partial charge in [0.05, 0.1) is 18.7 Å². The smallest absolute Gasteiger partial charge is 0.227 e. The number of aromatic nitrogens is 2. The highest BCUT2D eigenvalue weighted by molar-refractivity contribution is 5.88. The molecule has 1 aromatic heterocycles. The number of hydrogen-bond donors (Lipinski definition) is 1. The van der Waals surface area contributed by atoms with E-state index in [0.717, 1.165) is 62.2 Å². The van der Waals surface area contributed by atoms with Crippen LogP contribution in [0.25, 0.3) is 10.9 Å². The number of benzene rings is 1.